The van der Waals surface area contributed by atoms with E-state index in [1.165, 1.54) is 22.1 Å². The van der Waals surface area contributed by atoms with Crippen LogP contribution >= 0.6 is 0 Å². The Morgan fingerprint density at radius 2 is 1.58 bits per heavy atom. The van der Waals surface area contributed by atoms with Crippen LogP contribution in [-0.4, -0.2) is 13.0 Å². The van der Waals surface area contributed by atoms with Crippen LogP contribution < -0.4 is 9.86 Å². The molecule has 0 radical (unpaired) electrons. The lowest BCUT2D eigenvalue weighted by Gasteiger charge is -2.09. The Morgan fingerprint density at radius 3 is 2.16 bits per heavy atom. The molecule has 0 unspecified atom stereocenters. The first-order valence-corrected chi connectivity index (χ1v) is 11.9. The highest BCUT2D eigenvalue weighted by Crippen LogP contribution is 2.33. The molecule has 4 aromatic rings. The summed E-state index contributed by atoms with van der Waals surface area (Å²) < 4.78 is 27.0. The Morgan fingerprint density at radius 1 is 0.935 bits per heavy atom. The van der Waals surface area contributed by atoms with Gasteiger partial charge in [0.2, 0.25) is 0 Å². The molecule has 4 rings (SSSR count). The number of nitrogens with zero attached hydrogens (tertiary/aromatic N) is 1. The summed E-state index contributed by atoms with van der Waals surface area (Å²) >= 11 is 0. The molecule has 0 aliphatic carbocycles. The van der Waals surface area contributed by atoms with Crippen molar-refractivity contribution >= 4 is 26.8 Å². The summed E-state index contributed by atoms with van der Waals surface area (Å²) in [7, 11) is -3.79. The molecule has 0 aliphatic heterocycles. The lowest BCUT2D eigenvalue weighted by Crippen LogP contribution is -2.21. The van der Waals surface area contributed by atoms with Crippen LogP contribution in [0.4, 0.5) is 5.69 Å². The van der Waals surface area contributed by atoms with Gasteiger partial charge in [0.1, 0.15) is 0 Å². The Labute approximate surface area is 183 Å². The topological polar surface area (TPSA) is 77.1 Å². The zero-order chi connectivity index (χ0) is 22.2. The van der Waals surface area contributed by atoms with Crippen LogP contribution in [0.3, 0.4) is 0 Å². The van der Waals surface area contributed by atoms with Gasteiger partial charge >= 0.3 is 0 Å². The van der Waals surface area contributed by atoms with E-state index >= 15 is 0 Å². The van der Waals surface area contributed by atoms with Crippen molar-refractivity contribution < 1.29 is 8.42 Å². The standard InChI is InChI=1S/C25H27N3O2S/c1-4-18-5-7-19(8-6-18)20-9-14-23-24(17(2)3)16-28(25(23)15-20)22-12-10-21(11-13-22)27-31(26,29)30/h5-17,27H,4H2,1-3H3,(H2,26,29,30). The molecule has 0 amide bonds. The van der Waals surface area contributed by atoms with Gasteiger partial charge in [0.15, 0.2) is 0 Å². The van der Waals surface area contributed by atoms with Gasteiger partial charge in [-0.15, -0.1) is 0 Å². The van der Waals surface area contributed by atoms with E-state index in [2.05, 4.69) is 78.7 Å². The van der Waals surface area contributed by atoms with Gasteiger partial charge in [-0.1, -0.05) is 57.2 Å². The summed E-state index contributed by atoms with van der Waals surface area (Å²) in [5.74, 6) is 0.377. The minimum atomic E-state index is -3.79. The zero-order valence-electron chi connectivity index (χ0n) is 18.0. The number of aromatic nitrogens is 1. The fourth-order valence-electron chi connectivity index (χ4n) is 3.89. The van der Waals surface area contributed by atoms with Gasteiger partial charge in [-0.05, 0) is 64.9 Å². The minimum absolute atomic E-state index is 0.377. The van der Waals surface area contributed by atoms with Crippen molar-refractivity contribution in [1.82, 2.24) is 4.57 Å². The summed E-state index contributed by atoms with van der Waals surface area (Å²) in [5.41, 5.74) is 7.45. The van der Waals surface area contributed by atoms with E-state index in [1.54, 1.807) is 12.1 Å². The Hall–Kier alpha value is -3.09. The first-order chi connectivity index (χ1) is 14.7. The van der Waals surface area contributed by atoms with E-state index in [1.807, 2.05) is 12.1 Å². The average molecular weight is 434 g/mol. The second kappa shape index (κ2) is 8.21. The van der Waals surface area contributed by atoms with E-state index in [9.17, 15) is 8.42 Å². The van der Waals surface area contributed by atoms with Gasteiger partial charge in [-0.25, -0.2) is 5.14 Å². The second-order valence-electron chi connectivity index (χ2n) is 8.09. The number of nitrogens with two attached hydrogens (primary N) is 1. The van der Waals surface area contributed by atoms with Crippen molar-refractivity contribution in [3.63, 3.8) is 0 Å². The van der Waals surface area contributed by atoms with Crippen LogP contribution in [0.15, 0.2) is 72.9 Å². The van der Waals surface area contributed by atoms with Crippen LogP contribution in [-0.2, 0) is 16.6 Å². The highest BCUT2D eigenvalue weighted by Gasteiger charge is 2.14. The van der Waals surface area contributed by atoms with E-state index in [-0.39, 0.29) is 0 Å². The Bertz CT molecular complexity index is 1320. The number of nitrogens with one attached hydrogen (secondary N) is 1. The van der Waals surface area contributed by atoms with Crippen molar-refractivity contribution in [2.75, 3.05) is 4.72 Å². The monoisotopic (exact) mass is 433 g/mol. The number of hydrogen-bond acceptors (Lipinski definition) is 2. The molecule has 3 N–H and O–H groups in total. The SMILES string of the molecule is CCc1ccc(-c2ccc3c(C(C)C)cn(-c4ccc(NS(N)(=O)=O)cc4)c3c2)cc1. The van der Waals surface area contributed by atoms with Gasteiger partial charge in [0.05, 0.1) is 5.52 Å². The van der Waals surface area contributed by atoms with Gasteiger partial charge < -0.3 is 4.57 Å². The van der Waals surface area contributed by atoms with Gasteiger partial charge in [-0.2, -0.15) is 8.42 Å². The molecular weight excluding hydrogens is 406 g/mol. The highest BCUT2D eigenvalue weighted by atomic mass is 32.2. The summed E-state index contributed by atoms with van der Waals surface area (Å²) in [4.78, 5) is 0. The van der Waals surface area contributed by atoms with E-state index < -0.39 is 10.2 Å². The number of fused-ring (bicyclic) bond motifs is 1. The smallest absolute Gasteiger partial charge is 0.296 e. The predicted octanol–water partition coefficient (Wildman–Crippen LogP) is 5.60. The molecule has 0 saturated carbocycles. The molecule has 31 heavy (non-hydrogen) atoms. The lowest BCUT2D eigenvalue weighted by molar-refractivity contribution is 0.603. The maximum absolute atomic E-state index is 11.3. The molecule has 0 spiro atoms. The largest absolute Gasteiger partial charge is 0.316 e. The first kappa shape index (κ1) is 21.2. The van der Waals surface area contributed by atoms with Gasteiger partial charge in [-0.3, -0.25) is 4.72 Å². The molecule has 0 bridgehead atoms. The highest BCUT2D eigenvalue weighted by molar-refractivity contribution is 7.90. The summed E-state index contributed by atoms with van der Waals surface area (Å²) in [6, 6.07) is 22.5. The van der Waals surface area contributed by atoms with Crippen molar-refractivity contribution in [2.45, 2.75) is 33.1 Å². The fourth-order valence-corrected chi connectivity index (χ4v) is 4.36. The molecule has 0 fully saturated rings. The maximum Gasteiger partial charge on any atom is 0.296 e. The average Bonchev–Trinajstić information content (AvgIpc) is 3.12. The van der Waals surface area contributed by atoms with Crippen LogP contribution in [0.2, 0.25) is 0 Å². The van der Waals surface area contributed by atoms with Crippen molar-refractivity contribution in [2.24, 2.45) is 5.14 Å². The molecule has 160 valence electrons. The summed E-state index contributed by atoms with van der Waals surface area (Å²) in [6.45, 7) is 6.54. The molecule has 0 aliphatic rings. The molecular formula is C25H27N3O2S. The number of hydrogen-bond donors (Lipinski definition) is 2. The lowest BCUT2D eigenvalue weighted by atomic mass is 9.99. The third-order valence-electron chi connectivity index (χ3n) is 5.56. The quantitative estimate of drug-likeness (QED) is 0.415. The third kappa shape index (κ3) is 4.50. The van der Waals surface area contributed by atoms with E-state index in [4.69, 9.17) is 5.14 Å². The number of anilines is 1. The van der Waals surface area contributed by atoms with Crippen LogP contribution in [0, 0.1) is 0 Å². The van der Waals surface area contributed by atoms with Crippen LogP contribution in [0.5, 0.6) is 0 Å². The van der Waals surface area contributed by atoms with Crippen molar-refractivity contribution in [1.29, 1.82) is 0 Å². The third-order valence-corrected chi connectivity index (χ3v) is 6.08. The first-order valence-electron chi connectivity index (χ1n) is 10.4. The fraction of sp³-hybridized carbons (Fsp3) is 0.200. The van der Waals surface area contributed by atoms with Crippen LogP contribution in [0.1, 0.15) is 37.8 Å². The van der Waals surface area contributed by atoms with E-state index in [0.29, 0.717) is 11.6 Å². The molecule has 3 aromatic carbocycles. The predicted molar refractivity (Wildman–Crippen MR) is 129 cm³/mol. The minimum Gasteiger partial charge on any atom is -0.316 e. The van der Waals surface area contributed by atoms with E-state index in [0.717, 1.165) is 23.2 Å². The second-order valence-corrected chi connectivity index (χ2v) is 9.38. The molecule has 5 nitrogen and oxygen atoms in total. The molecule has 0 atom stereocenters. The van der Waals surface area contributed by atoms with Crippen molar-refractivity contribution in [3.8, 4) is 16.8 Å². The zero-order valence-corrected chi connectivity index (χ0v) is 18.8. The molecule has 0 saturated heterocycles. The summed E-state index contributed by atoms with van der Waals surface area (Å²) in [5, 5.41) is 6.29. The Balaban J connectivity index is 1.81. The number of benzene rings is 3. The van der Waals surface area contributed by atoms with Gasteiger partial charge in [0.25, 0.3) is 10.2 Å². The van der Waals surface area contributed by atoms with Gasteiger partial charge in [0, 0.05) is 23.0 Å². The molecule has 6 heteroatoms. The summed E-state index contributed by atoms with van der Waals surface area (Å²) in [6.07, 6.45) is 3.19. The number of rotatable bonds is 6. The van der Waals surface area contributed by atoms with Crippen LogP contribution in [0.25, 0.3) is 27.7 Å². The Kier molecular flexibility index (Phi) is 5.60. The molecule has 1 heterocycles. The maximum atomic E-state index is 11.3. The number of aryl methyl sites for hydroxylation is 1. The normalized spacial score (nSPS) is 11.9. The molecule has 1 aromatic heterocycles. The van der Waals surface area contributed by atoms with Crippen molar-refractivity contribution in [3.05, 3.63) is 84.1 Å².